The lowest BCUT2D eigenvalue weighted by Gasteiger charge is -2.29. The van der Waals surface area contributed by atoms with Gasteiger partial charge in [0, 0.05) is 56.8 Å². The number of Topliss-reactive ketones (excluding diaryl/α,β-unsaturated/α-hetero) is 4. The highest BCUT2D eigenvalue weighted by atomic mass is 16.1. The van der Waals surface area contributed by atoms with E-state index in [-0.39, 0.29) is 68.5 Å². The molecule has 56 heavy (non-hydrogen) atoms. The topological polar surface area (TPSA) is 68.3 Å². The van der Waals surface area contributed by atoms with E-state index < -0.39 is 0 Å². The molecule has 0 saturated heterocycles. The summed E-state index contributed by atoms with van der Waals surface area (Å²) in [5.74, 6) is 0.729. The van der Waals surface area contributed by atoms with Crippen LogP contribution in [0.4, 0.5) is 0 Å². The predicted molar refractivity (Wildman–Crippen MR) is 231 cm³/mol. The largest absolute Gasteiger partial charge is 0.294 e. The normalized spacial score (nSPS) is 20.5. The number of fused-ring (bicyclic) bond motifs is 2. The molecule has 0 N–H and O–H groups in total. The molecule has 0 aliphatic heterocycles. The molecule has 0 radical (unpaired) electrons. The maximum atomic E-state index is 12.6. The molecule has 0 aromatic heterocycles. The second-order valence-corrected chi connectivity index (χ2v) is 19.5. The molecule has 0 amide bonds. The first-order chi connectivity index (χ1) is 25.9. The Bertz CT molecular complexity index is 2140. The zero-order valence-corrected chi connectivity index (χ0v) is 36.4. The zero-order chi connectivity index (χ0) is 41.7. The van der Waals surface area contributed by atoms with E-state index >= 15 is 0 Å². The van der Waals surface area contributed by atoms with Crippen LogP contribution < -0.4 is 0 Å². The molecule has 2 atom stereocenters. The highest BCUT2D eigenvalue weighted by Gasteiger charge is 2.47. The van der Waals surface area contributed by atoms with Crippen LogP contribution in [0.3, 0.4) is 0 Å². The highest BCUT2D eigenvalue weighted by molar-refractivity contribution is 5.99. The SMILES string of the molecule is CC(C)C(=O)c1ccc(C2(C)CC(C)(C)c3cc(C(=O)C(C)C)ccc32)cc1.CC(C)C(=O)c1ccc(C2(C)CC(C)(C)c3ccc(C(=O)C(C)C)cc32)cc1. The van der Waals surface area contributed by atoms with Crippen molar-refractivity contribution in [3.63, 3.8) is 0 Å². The monoisotopic (exact) mass is 752 g/mol. The Labute approximate surface area is 336 Å². The van der Waals surface area contributed by atoms with Gasteiger partial charge in [-0.05, 0) is 69.2 Å². The summed E-state index contributed by atoms with van der Waals surface area (Å²) in [5.41, 5.74) is 10.4. The lowest BCUT2D eigenvalue weighted by Crippen LogP contribution is -2.24. The van der Waals surface area contributed by atoms with Crippen LogP contribution >= 0.6 is 0 Å². The van der Waals surface area contributed by atoms with Crippen LogP contribution in [0.5, 0.6) is 0 Å². The number of rotatable bonds is 10. The van der Waals surface area contributed by atoms with Crippen molar-refractivity contribution in [1.29, 1.82) is 0 Å². The summed E-state index contributed by atoms with van der Waals surface area (Å²) in [4.78, 5) is 49.7. The van der Waals surface area contributed by atoms with Gasteiger partial charge in [0.25, 0.3) is 0 Å². The van der Waals surface area contributed by atoms with Crippen molar-refractivity contribution in [1.82, 2.24) is 0 Å². The van der Waals surface area contributed by atoms with E-state index in [0.717, 1.165) is 35.1 Å². The van der Waals surface area contributed by atoms with Crippen LogP contribution in [0.15, 0.2) is 84.9 Å². The number of carbonyl (C=O) groups excluding carboxylic acids is 4. The van der Waals surface area contributed by atoms with E-state index in [0.29, 0.717) is 0 Å². The lowest BCUT2D eigenvalue weighted by molar-refractivity contribution is 0.0932. The summed E-state index contributed by atoms with van der Waals surface area (Å²) >= 11 is 0. The van der Waals surface area contributed by atoms with Gasteiger partial charge in [-0.2, -0.15) is 0 Å². The molecular weight excluding hydrogens is 689 g/mol. The third-order valence-corrected chi connectivity index (χ3v) is 12.6. The molecule has 0 heterocycles. The summed E-state index contributed by atoms with van der Waals surface area (Å²) in [5, 5.41) is 0. The molecule has 2 aliphatic rings. The average molecular weight is 753 g/mol. The van der Waals surface area contributed by atoms with E-state index in [1.54, 1.807) is 0 Å². The van der Waals surface area contributed by atoms with Crippen molar-refractivity contribution in [2.75, 3.05) is 0 Å². The van der Waals surface area contributed by atoms with Gasteiger partial charge in [0.2, 0.25) is 0 Å². The molecule has 4 aromatic carbocycles. The molecule has 4 nitrogen and oxygen atoms in total. The predicted octanol–water partition coefficient (Wildman–Crippen LogP) is 12.7. The fourth-order valence-electron chi connectivity index (χ4n) is 9.48. The molecule has 4 heteroatoms. The fourth-order valence-corrected chi connectivity index (χ4v) is 9.48. The van der Waals surface area contributed by atoms with E-state index in [2.05, 4.69) is 90.1 Å². The number of ketones is 4. The van der Waals surface area contributed by atoms with Crippen molar-refractivity contribution >= 4 is 23.1 Å². The molecule has 296 valence electrons. The molecule has 6 rings (SSSR count). The second-order valence-electron chi connectivity index (χ2n) is 19.5. The van der Waals surface area contributed by atoms with Crippen molar-refractivity contribution in [2.24, 2.45) is 23.7 Å². The van der Waals surface area contributed by atoms with Gasteiger partial charge in [0.15, 0.2) is 23.1 Å². The number of hydrogen-bond donors (Lipinski definition) is 0. The first kappa shape index (κ1) is 42.7. The minimum atomic E-state index is -0.175. The van der Waals surface area contributed by atoms with Gasteiger partial charge in [-0.15, -0.1) is 0 Å². The molecule has 0 fully saturated rings. The molecule has 2 aliphatic carbocycles. The lowest BCUT2D eigenvalue weighted by atomic mass is 9.74. The van der Waals surface area contributed by atoms with Crippen LogP contribution in [-0.2, 0) is 21.7 Å². The smallest absolute Gasteiger partial charge is 0.165 e. The minimum Gasteiger partial charge on any atom is -0.294 e. The molecule has 0 spiro atoms. The summed E-state index contributed by atoms with van der Waals surface area (Å²) < 4.78 is 0. The van der Waals surface area contributed by atoms with Crippen LogP contribution in [0.2, 0.25) is 0 Å². The standard InChI is InChI=1S/2C26H32O2/c1-16(2)23(27)18-8-11-20(12-9-18)26(7)15-25(5,6)22-14-19(10-13-21(22)26)24(28)17(3)4;1-16(2)23(27)18-8-11-20(12-9-18)26(7)15-25(5,6)21-13-10-19(14-22(21)26)24(28)17(3)4/h2*8-14,16-17H,15H2,1-7H3. The van der Waals surface area contributed by atoms with Crippen LogP contribution in [0, 0.1) is 23.7 Å². The van der Waals surface area contributed by atoms with Gasteiger partial charge in [0.1, 0.15) is 0 Å². The molecule has 4 aromatic rings. The maximum Gasteiger partial charge on any atom is 0.165 e. The van der Waals surface area contributed by atoms with Gasteiger partial charge in [0.05, 0.1) is 0 Å². The molecule has 2 unspecified atom stereocenters. The second kappa shape index (κ2) is 15.5. The number of carbonyl (C=O) groups is 4. The summed E-state index contributed by atoms with van der Waals surface area (Å²) in [7, 11) is 0. The van der Waals surface area contributed by atoms with E-state index in [1.165, 1.54) is 33.4 Å². The van der Waals surface area contributed by atoms with E-state index in [9.17, 15) is 19.2 Å². The van der Waals surface area contributed by atoms with Gasteiger partial charge in [-0.25, -0.2) is 0 Å². The summed E-state index contributed by atoms with van der Waals surface area (Å²) in [6, 6.07) is 28.7. The Morgan fingerprint density at radius 1 is 0.375 bits per heavy atom. The Balaban J connectivity index is 0.000000214. The maximum absolute atomic E-state index is 12.6. The van der Waals surface area contributed by atoms with Gasteiger partial charge in [-0.1, -0.05) is 170 Å². The third kappa shape index (κ3) is 7.91. The Hall–Kier alpha value is -4.44. The highest BCUT2D eigenvalue weighted by Crippen LogP contribution is 2.54. The minimum absolute atomic E-state index is 0.0000115. The number of benzene rings is 4. The Kier molecular flexibility index (Phi) is 11.8. The van der Waals surface area contributed by atoms with Crippen molar-refractivity contribution in [3.05, 3.63) is 141 Å². The zero-order valence-electron chi connectivity index (χ0n) is 36.4. The van der Waals surface area contributed by atoms with Crippen molar-refractivity contribution in [2.45, 2.75) is 131 Å². The molecular formula is C52H64O4. The fraction of sp³-hybridized carbons (Fsp3) is 0.462. The van der Waals surface area contributed by atoms with Crippen LogP contribution in [0.1, 0.15) is 185 Å². The molecule has 0 saturated carbocycles. The quantitative estimate of drug-likeness (QED) is 0.151. The van der Waals surface area contributed by atoms with Gasteiger partial charge in [-0.3, -0.25) is 19.2 Å². The first-order valence-corrected chi connectivity index (χ1v) is 20.6. The Morgan fingerprint density at radius 2 is 0.661 bits per heavy atom. The summed E-state index contributed by atoms with van der Waals surface area (Å²) in [6.07, 6.45) is 1.96. The average Bonchev–Trinajstić information content (AvgIpc) is 3.50. The number of hydrogen-bond acceptors (Lipinski definition) is 4. The van der Waals surface area contributed by atoms with Crippen molar-refractivity contribution in [3.8, 4) is 0 Å². The Morgan fingerprint density at radius 3 is 1.04 bits per heavy atom. The van der Waals surface area contributed by atoms with E-state index in [1.807, 2.05) is 91.8 Å². The third-order valence-electron chi connectivity index (χ3n) is 12.6. The summed E-state index contributed by atoms with van der Waals surface area (Å²) in [6.45, 7) is 29.1. The first-order valence-electron chi connectivity index (χ1n) is 20.6. The van der Waals surface area contributed by atoms with E-state index in [4.69, 9.17) is 0 Å². The van der Waals surface area contributed by atoms with Crippen LogP contribution in [-0.4, -0.2) is 23.1 Å². The van der Waals surface area contributed by atoms with Crippen molar-refractivity contribution < 1.29 is 19.2 Å². The van der Waals surface area contributed by atoms with Gasteiger partial charge >= 0.3 is 0 Å². The molecule has 0 bridgehead atoms. The van der Waals surface area contributed by atoms with Crippen LogP contribution in [0.25, 0.3) is 0 Å². The van der Waals surface area contributed by atoms with Gasteiger partial charge < -0.3 is 0 Å².